The lowest BCUT2D eigenvalue weighted by atomic mass is 10.1. The quantitative estimate of drug-likeness (QED) is 0.804. The third-order valence-electron chi connectivity index (χ3n) is 3.40. The maximum absolute atomic E-state index is 11.0. The average molecular weight is 278 g/mol. The van der Waals surface area contributed by atoms with Crippen molar-refractivity contribution in [2.75, 3.05) is 40.3 Å². The van der Waals surface area contributed by atoms with E-state index in [9.17, 15) is 4.79 Å². The summed E-state index contributed by atoms with van der Waals surface area (Å²) < 4.78 is 5.88. The fourth-order valence-electron chi connectivity index (χ4n) is 2.41. The Kier molecular flexibility index (Phi) is 4.98. The lowest BCUT2D eigenvalue weighted by molar-refractivity contribution is -0.138. The van der Waals surface area contributed by atoms with Crippen molar-refractivity contribution in [2.45, 2.75) is 12.5 Å². The second-order valence-electron chi connectivity index (χ2n) is 5.48. The molecule has 1 aromatic rings. The van der Waals surface area contributed by atoms with E-state index in [1.54, 1.807) is 0 Å². The first kappa shape index (κ1) is 14.8. The summed E-state index contributed by atoms with van der Waals surface area (Å²) in [4.78, 5) is 14.9. The molecule has 2 rings (SSSR count). The van der Waals surface area contributed by atoms with Gasteiger partial charge in [-0.3, -0.25) is 9.69 Å². The van der Waals surface area contributed by atoms with E-state index in [-0.39, 0.29) is 12.6 Å². The zero-order valence-electron chi connectivity index (χ0n) is 12.1. The second kappa shape index (κ2) is 6.72. The third kappa shape index (κ3) is 4.21. The summed E-state index contributed by atoms with van der Waals surface area (Å²) in [5.74, 6) is 0.139. The Morgan fingerprint density at radius 2 is 2.10 bits per heavy atom. The molecule has 0 fully saturated rings. The summed E-state index contributed by atoms with van der Waals surface area (Å²) >= 11 is 0. The van der Waals surface area contributed by atoms with Crippen molar-refractivity contribution in [3.05, 3.63) is 29.8 Å². The van der Waals surface area contributed by atoms with Crippen LogP contribution in [0.25, 0.3) is 0 Å². The van der Waals surface area contributed by atoms with Crippen molar-refractivity contribution in [1.82, 2.24) is 9.80 Å². The predicted octanol–water partition coefficient (Wildman–Crippen LogP) is 0.938. The van der Waals surface area contributed by atoms with Crippen LogP contribution in [0.5, 0.6) is 5.75 Å². The first-order valence-corrected chi connectivity index (χ1v) is 6.88. The highest BCUT2D eigenvalue weighted by molar-refractivity contribution is 5.69. The van der Waals surface area contributed by atoms with Gasteiger partial charge >= 0.3 is 5.97 Å². The van der Waals surface area contributed by atoms with E-state index in [2.05, 4.69) is 11.0 Å². The Balaban J connectivity index is 1.90. The molecule has 0 aliphatic carbocycles. The minimum Gasteiger partial charge on any atom is -0.488 e. The Bertz CT molecular complexity index is 437. The molecule has 110 valence electrons. The van der Waals surface area contributed by atoms with Crippen molar-refractivity contribution in [3.8, 4) is 5.75 Å². The van der Waals surface area contributed by atoms with Crippen molar-refractivity contribution >= 4 is 5.97 Å². The number of benzene rings is 1. The number of hydrogen-bond donors (Lipinski definition) is 1. The van der Waals surface area contributed by atoms with Crippen LogP contribution < -0.4 is 4.74 Å². The topological polar surface area (TPSA) is 53.0 Å². The molecule has 1 N–H and O–H groups in total. The van der Waals surface area contributed by atoms with Gasteiger partial charge in [0, 0.05) is 26.1 Å². The van der Waals surface area contributed by atoms with E-state index in [0.29, 0.717) is 6.54 Å². The summed E-state index contributed by atoms with van der Waals surface area (Å²) in [7, 11) is 3.97. The monoisotopic (exact) mass is 278 g/mol. The number of ether oxygens (including phenoxy) is 1. The zero-order chi connectivity index (χ0) is 14.5. The molecule has 20 heavy (non-hydrogen) atoms. The number of carboxylic acids is 1. The van der Waals surface area contributed by atoms with Gasteiger partial charge in [0.05, 0.1) is 6.54 Å². The normalized spacial score (nSPS) is 17.3. The molecule has 0 spiro atoms. The molecule has 0 bridgehead atoms. The molecule has 1 heterocycles. The Labute approximate surface area is 119 Å². The summed E-state index contributed by atoms with van der Waals surface area (Å²) in [5.41, 5.74) is 1.21. The molecule has 5 nitrogen and oxygen atoms in total. The van der Waals surface area contributed by atoms with Gasteiger partial charge in [0.15, 0.2) is 0 Å². The number of carboxylic acid groups (broad SMARTS) is 1. The maximum atomic E-state index is 11.0. The molecule has 0 aromatic heterocycles. The molecule has 0 saturated heterocycles. The minimum absolute atomic E-state index is 0.0499. The first-order valence-electron chi connectivity index (χ1n) is 6.88. The van der Waals surface area contributed by atoms with E-state index in [4.69, 9.17) is 9.84 Å². The van der Waals surface area contributed by atoms with Crippen LogP contribution >= 0.6 is 0 Å². The van der Waals surface area contributed by atoms with E-state index < -0.39 is 5.97 Å². The largest absolute Gasteiger partial charge is 0.488 e. The molecule has 1 aliphatic heterocycles. The van der Waals surface area contributed by atoms with E-state index in [1.165, 1.54) is 5.56 Å². The molecule has 1 aromatic carbocycles. The van der Waals surface area contributed by atoms with Crippen molar-refractivity contribution < 1.29 is 14.6 Å². The van der Waals surface area contributed by atoms with Crippen LogP contribution in [0, 0.1) is 0 Å². The Morgan fingerprint density at radius 1 is 1.35 bits per heavy atom. The number of rotatable bonds is 7. The van der Waals surface area contributed by atoms with Crippen LogP contribution in [-0.4, -0.2) is 67.3 Å². The number of carbonyl (C=O) groups is 1. The van der Waals surface area contributed by atoms with Gasteiger partial charge in [-0.15, -0.1) is 0 Å². The Morgan fingerprint density at radius 3 is 2.75 bits per heavy atom. The van der Waals surface area contributed by atoms with Crippen molar-refractivity contribution in [1.29, 1.82) is 0 Å². The SMILES string of the molecule is CN(C)CCN(CC(=O)O)CC1Cc2ccccc2O1. The number of nitrogens with zero attached hydrogens (tertiary/aromatic N) is 2. The number of hydrogen-bond acceptors (Lipinski definition) is 4. The standard InChI is InChI=1S/C15H22N2O3/c1-16(2)7-8-17(11-15(18)19)10-13-9-12-5-3-4-6-14(12)20-13/h3-6,13H,7-11H2,1-2H3,(H,18,19). The Hall–Kier alpha value is -1.59. The van der Waals surface area contributed by atoms with Gasteiger partial charge < -0.3 is 14.7 Å². The third-order valence-corrected chi connectivity index (χ3v) is 3.40. The van der Waals surface area contributed by atoms with Crippen LogP contribution in [0.3, 0.4) is 0 Å². The molecular weight excluding hydrogens is 256 g/mol. The van der Waals surface area contributed by atoms with Gasteiger partial charge in [0.1, 0.15) is 11.9 Å². The molecule has 0 saturated carbocycles. The zero-order valence-corrected chi connectivity index (χ0v) is 12.1. The van der Waals surface area contributed by atoms with Crippen LogP contribution in [0.2, 0.25) is 0 Å². The maximum Gasteiger partial charge on any atom is 0.317 e. The predicted molar refractivity (Wildman–Crippen MR) is 77.2 cm³/mol. The second-order valence-corrected chi connectivity index (χ2v) is 5.48. The van der Waals surface area contributed by atoms with Crippen LogP contribution in [0.1, 0.15) is 5.56 Å². The van der Waals surface area contributed by atoms with Gasteiger partial charge in [0.2, 0.25) is 0 Å². The summed E-state index contributed by atoms with van der Waals surface area (Å²) in [6.07, 6.45) is 0.905. The number of likely N-dealkylation sites (N-methyl/N-ethyl adjacent to an activating group) is 1. The van der Waals surface area contributed by atoms with Crippen molar-refractivity contribution in [3.63, 3.8) is 0 Å². The first-order chi connectivity index (χ1) is 9.54. The molecular formula is C15H22N2O3. The molecule has 1 unspecified atom stereocenters. The van der Waals surface area contributed by atoms with Gasteiger partial charge in [-0.25, -0.2) is 0 Å². The van der Waals surface area contributed by atoms with Crippen LogP contribution in [0.4, 0.5) is 0 Å². The highest BCUT2D eigenvalue weighted by Gasteiger charge is 2.25. The van der Waals surface area contributed by atoms with Crippen molar-refractivity contribution in [2.24, 2.45) is 0 Å². The van der Waals surface area contributed by atoms with Crippen LogP contribution in [0.15, 0.2) is 24.3 Å². The highest BCUT2D eigenvalue weighted by Crippen LogP contribution is 2.28. The van der Waals surface area contributed by atoms with E-state index in [1.807, 2.05) is 37.2 Å². The summed E-state index contributed by atoms with van der Waals surface area (Å²) in [5, 5.41) is 9.00. The lowest BCUT2D eigenvalue weighted by Crippen LogP contribution is -2.41. The molecule has 1 atom stereocenters. The number of fused-ring (bicyclic) bond motifs is 1. The lowest BCUT2D eigenvalue weighted by Gasteiger charge is -2.25. The number of para-hydroxylation sites is 1. The van der Waals surface area contributed by atoms with Gasteiger partial charge in [-0.2, -0.15) is 0 Å². The van der Waals surface area contributed by atoms with E-state index in [0.717, 1.165) is 25.3 Å². The summed E-state index contributed by atoms with van der Waals surface area (Å²) in [6, 6.07) is 8.00. The smallest absolute Gasteiger partial charge is 0.317 e. The van der Waals surface area contributed by atoms with Gasteiger partial charge in [0.25, 0.3) is 0 Å². The number of aliphatic carboxylic acids is 1. The van der Waals surface area contributed by atoms with E-state index >= 15 is 0 Å². The summed E-state index contributed by atoms with van der Waals surface area (Å²) in [6.45, 7) is 2.28. The molecule has 5 heteroatoms. The fraction of sp³-hybridized carbons (Fsp3) is 0.533. The molecule has 0 radical (unpaired) electrons. The molecule has 0 amide bonds. The fourth-order valence-corrected chi connectivity index (χ4v) is 2.41. The van der Waals surface area contributed by atoms with Gasteiger partial charge in [-0.1, -0.05) is 18.2 Å². The van der Waals surface area contributed by atoms with Crippen LogP contribution in [-0.2, 0) is 11.2 Å². The molecule has 1 aliphatic rings. The average Bonchev–Trinajstić information content (AvgIpc) is 2.77. The minimum atomic E-state index is -0.792. The van der Waals surface area contributed by atoms with Gasteiger partial charge in [-0.05, 0) is 25.7 Å². The highest BCUT2D eigenvalue weighted by atomic mass is 16.5.